The minimum atomic E-state index is -0.0169. The molecular formula is C15H14N2OS. The molecule has 2 aromatic heterocycles. The lowest BCUT2D eigenvalue weighted by Gasteiger charge is -2.09. The van der Waals surface area contributed by atoms with Crippen molar-refractivity contribution in [2.24, 2.45) is 5.73 Å². The summed E-state index contributed by atoms with van der Waals surface area (Å²) in [5, 5.41) is 3.04. The van der Waals surface area contributed by atoms with E-state index < -0.39 is 0 Å². The van der Waals surface area contributed by atoms with Crippen molar-refractivity contribution in [2.45, 2.75) is 12.5 Å². The van der Waals surface area contributed by atoms with Gasteiger partial charge in [0, 0.05) is 17.8 Å². The summed E-state index contributed by atoms with van der Waals surface area (Å²) in [6.07, 6.45) is 2.40. The summed E-state index contributed by atoms with van der Waals surface area (Å²) >= 11 is 1.62. The predicted molar refractivity (Wildman–Crippen MR) is 76.9 cm³/mol. The molecule has 19 heavy (non-hydrogen) atoms. The highest BCUT2D eigenvalue weighted by Crippen LogP contribution is 2.24. The highest BCUT2D eigenvalue weighted by molar-refractivity contribution is 7.09. The number of rotatable bonds is 4. The molecule has 0 radical (unpaired) electrons. The van der Waals surface area contributed by atoms with Crippen molar-refractivity contribution in [1.82, 2.24) is 4.98 Å². The number of hydrogen-bond donors (Lipinski definition) is 1. The zero-order chi connectivity index (χ0) is 13.1. The molecule has 1 aromatic carbocycles. The van der Waals surface area contributed by atoms with Gasteiger partial charge in [-0.15, -0.1) is 11.3 Å². The van der Waals surface area contributed by atoms with Gasteiger partial charge in [-0.05, 0) is 17.7 Å². The van der Waals surface area contributed by atoms with E-state index in [0.29, 0.717) is 0 Å². The lowest BCUT2D eigenvalue weighted by molar-refractivity contribution is 0.580. The molecule has 96 valence electrons. The Balaban J connectivity index is 1.74. The monoisotopic (exact) mass is 270 g/mol. The standard InChI is InChI=1S/C15H14N2OS/c16-12(11-5-2-1-3-6-11)9-15-17-13(10-19-15)14-7-4-8-18-14/h1-8,10,12H,9,16H2. The molecule has 0 aliphatic carbocycles. The topological polar surface area (TPSA) is 52.0 Å². The van der Waals surface area contributed by atoms with Crippen LogP contribution in [0.4, 0.5) is 0 Å². The highest BCUT2D eigenvalue weighted by Gasteiger charge is 2.11. The fourth-order valence-electron chi connectivity index (χ4n) is 1.95. The van der Waals surface area contributed by atoms with Crippen molar-refractivity contribution in [3.05, 3.63) is 64.7 Å². The SMILES string of the molecule is NC(Cc1nc(-c2ccco2)cs1)c1ccccc1. The molecule has 0 bridgehead atoms. The van der Waals surface area contributed by atoms with Crippen molar-refractivity contribution in [3.63, 3.8) is 0 Å². The molecule has 3 rings (SSSR count). The van der Waals surface area contributed by atoms with Crippen LogP contribution >= 0.6 is 11.3 Å². The molecule has 0 amide bonds. The first-order valence-electron chi connectivity index (χ1n) is 6.12. The van der Waals surface area contributed by atoms with E-state index in [2.05, 4.69) is 4.98 Å². The van der Waals surface area contributed by atoms with E-state index in [4.69, 9.17) is 10.2 Å². The minimum Gasteiger partial charge on any atom is -0.463 e. The average molecular weight is 270 g/mol. The molecule has 0 aliphatic heterocycles. The third-order valence-corrected chi connectivity index (χ3v) is 3.82. The molecule has 1 unspecified atom stereocenters. The Morgan fingerprint density at radius 2 is 2.00 bits per heavy atom. The Morgan fingerprint density at radius 3 is 2.74 bits per heavy atom. The van der Waals surface area contributed by atoms with E-state index in [9.17, 15) is 0 Å². The normalized spacial score (nSPS) is 12.5. The quantitative estimate of drug-likeness (QED) is 0.787. The van der Waals surface area contributed by atoms with Gasteiger partial charge < -0.3 is 10.2 Å². The maximum Gasteiger partial charge on any atom is 0.153 e. The third-order valence-electron chi connectivity index (χ3n) is 2.95. The van der Waals surface area contributed by atoms with Gasteiger partial charge in [-0.1, -0.05) is 30.3 Å². The lowest BCUT2D eigenvalue weighted by atomic mass is 10.1. The highest BCUT2D eigenvalue weighted by atomic mass is 32.1. The first-order valence-corrected chi connectivity index (χ1v) is 7.00. The van der Waals surface area contributed by atoms with Crippen LogP contribution in [-0.4, -0.2) is 4.98 Å². The van der Waals surface area contributed by atoms with Gasteiger partial charge >= 0.3 is 0 Å². The molecular weight excluding hydrogens is 256 g/mol. The number of nitrogens with zero attached hydrogens (tertiary/aromatic N) is 1. The molecule has 3 nitrogen and oxygen atoms in total. The summed E-state index contributed by atoms with van der Waals surface area (Å²) in [6, 6.07) is 13.9. The second kappa shape index (κ2) is 5.38. The predicted octanol–water partition coefficient (Wildman–Crippen LogP) is 3.65. The molecule has 0 saturated heterocycles. The molecule has 0 spiro atoms. The molecule has 1 atom stereocenters. The van der Waals surface area contributed by atoms with Crippen molar-refractivity contribution in [3.8, 4) is 11.5 Å². The number of nitrogens with two attached hydrogens (primary N) is 1. The number of hydrogen-bond acceptors (Lipinski definition) is 4. The number of thiazole rings is 1. The molecule has 4 heteroatoms. The van der Waals surface area contributed by atoms with Crippen LogP contribution in [0.15, 0.2) is 58.5 Å². The Labute approximate surface area is 115 Å². The van der Waals surface area contributed by atoms with Crippen LogP contribution in [0.2, 0.25) is 0 Å². The van der Waals surface area contributed by atoms with Crippen LogP contribution in [0.5, 0.6) is 0 Å². The molecule has 0 aliphatic rings. The van der Waals surface area contributed by atoms with E-state index in [1.807, 2.05) is 47.8 Å². The molecule has 2 heterocycles. The van der Waals surface area contributed by atoms with E-state index in [1.165, 1.54) is 0 Å². The third kappa shape index (κ3) is 2.75. The van der Waals surface area contributed by atoms with Crippen molar-refractivity contribution in [2.75, 3.05) is 0 Å². The summed E-state index contributed by atoms with van der Waals surface area (Å²) in [5.41, 5.74) is 8.21. The lowest BCUT2D eigenvalue weighted by Crippen LogP contribution is -2.12. The van der Waals surface area contributed by atoms with E-state index in [-0.39, 0.29) is 6.04 Å². The van der Waals surface area contributed by atoms with Crippen LogP contribution in [-0.2, 0) is 6.42 Å². The van der Waals surface area contributed by atoms with Crippen LogP contribution in [0, 0.1) is 0 Å². The van der Waals surface area contributed by atoms with Crippen LogP contribution < -0.4 is 5.73 Å². The maximum absolute atomic E-state index is 6.20. The number of benzene rings is 1. The second-order valence-corrected chi connectivity index (χ2v) is 5.27. The first-order chi connectivity index (χ1) is 9.33. The summed E-state index contributed by atoms with van der Waals surface area (Å²) in [7, 11) is 0. The van der Waals surface area contributed by atoms with E-state index >= 15 is 0 Å². The van der Waals surface area contributed by atoms with Gasteiger partial charge in [-0.3, -0.25) is 0 Å². The summed E-state index contributed by atoms with van der Waals surface area (Å²) in [4.78, 5) is 4.56. The molecule has 2 N–H and O–H groups in total. The van der Waals surface area contributed by atoms with Crippen molar-refractivity contribution >= 4 is 11.3 Å². The van der Waals surface area contributed by atoms with Crippen LogP contribution in [0.3, 0.4) is 0 Å². The summed E-state index contributed by atoms with van der Waals surface area (Å²) in [6.45, 7) is 0. The average Bonchev–Trinajstić information content (AvgIpc) is 3.10. The fraction of sp³-hybridized carbons (Fsp3) is 0.133. The van der Waals surface area contributed by atoms with Crippen LogP contribution in [0.1, 0.15) is 16.6 Å². The maximum atomic E-state index is 6.20. The van der Waals surface area contributed by atoms with Gasteiger partial charge in [0.25, 0.3) is 0 Å². The Morgan fingerprint density at radius 1 is 1.16 bits per heavy atom. The minimum absolute atomic E-state index is 0.0169. The number of furan rings is 1. The van der Waals surface area contributed by atoms with Gasteiger partial charge in [0.1, 0.15) is 5.69 Å². The van der Waals surface area contributed by atoms with Crippen molar-refractivity contribution < 1.29 is 4.42 Å². The zero-order valence-electron chi connectivity index (χ0n) is 10.3. The van der Waals surface area contributed by atoms with Crippen molar-refractivity contribution in [1.29, 1.82) is 0 Å². The Kier molecular flexibility index (Phi) is 3.44. The van der Waals surface area contributed by atoms with Gasteiger partial charge in [-0.2, -0.15) is 0 Å². The van der Waals surface area contributed by atoms with E-state index in [0.717, 1.165) is 28.4 Å². The summed E-state index contributed by atoms with van der Waals surface area (Å²) in [5.74, 6) is 0.802. The Hall–Kier alpha value is -1.91. The van der Waals surface area contributed by atoms with Crippen LogP contribution in [0.25, 0.3) is 11.5 Å². The van der Waals surface area contributed by atoms with Gasteiger partial charge in [0.05, 0.1) is 11.3 Å². The fourth-order valence-corrected chi connectivity index (χ4v) is 2.79. The smallest absolute Gasteiger partial charge is 0.153 e. The van der Waals surface area contributed by atoms with Gasteiger partial charge in [0.2, 0.25) is 0 Å². The largest absolute Gasteiger partial charge is 0.463 e. The summed E-state index contributed by atoms with van der Waals surface area (Å²) < 4.78 is 5.34. The van der Waals surface area contributed by atoms with E-state index in [1.54, 1.807) is 17.6 Å². The Bertz CT molecular complexity index is 631. The van der Waals surface area contributed by atoms with Gasteiger partial charge in [0.15, 0.2) is 5.76 Å². The zero-order valence-corrected chi connectivity index (χ0v) is 11.1. The second-order valence-electron chi connectivity index (χ2n) is 4.33. The van der Waals surface area contributed by atoms with Gasteiger partial charge in [-0.25, -0.2) is 4.98 Å². The molecule has 3 aromatic rings. The molecule has 0 fully saturated rings. The first kappa shape index (κ1) is 12.1. The number of aromatic nitrogens is 1. The molecule has 0 saturated carbocycles.